The Bertz CT molecular complexity index is 957. The summed E-state index contributed by atoms with van der Waals surface area (Å²) in [6, 6.07) is 1.28. The summed E-state index contributed by atoms with van der Waals surface area (Å²) >= 11 is 0. The van der Waals surface area contributed by atoms with E-state index in [0.717, 1.165) is 0 Å². The van der Waals surface area contributed by atoms with Crippen LogP contribution in [0.2, 0.25) is 0 Å². The van der Waals surface area contributed by atoms with Crippen molar-refractivity contribution in [3.8, 4) is 17.5 Å². The van der Waals surface area contributed by atoms with Gasteiger partial charge in [-0.2, -0.15) is 4.98 Å². The molecule has 1 atom stereocenters. The van der Waals surface area contributed by atoms with Crippen LogP contribution in [0.3, 0.4) is 0 Å². The first kappa shape index (κ1) is 16.7. The van der Waals surface area contributed by atoms with E-state index in [1.54, 1.807) is 19.1 Å². The van der Waals surface area contributed by atoms with Gasteiger partial charge in [-0.15, -0.1) is 6.58 Å². The molecule has 25 heavy (non-hydrogen) atoms. The third-order valence-electron chi connectivity index (χ3n) is 3.52. The smallest absolute Gasteiger partial charge is 0.351 e. The maximum Gasteiger partial charge on any atom is 0.351 e. The zero-order chi connectivity index (χ0) is 18.0. The van der Waals surface area contributed by atoms with Crippen LogP contribution in [-0.4, -0.2) is 49.5 Å². The predicted molar refractivity (Wildman–Crippen MR) is 90.6 cm³/mol. The molecule has 0 aliphatic carbocycles. The van der Waals surface area contributed by atoms with Gasteiger partial charge in [0.1, 0.15) is 5.52 Å². The summed E-state index contributed by atoms with van der Waals surface area (Å²) in [6.45, 7) is 5.55. The van der Waals surface area contributed by atoms with Crippen LogP contribution in [0.25, 0.3) is 22.7 Å². The number of allylic oxidation sites excluding steroid dienone is 1. The molecule has 1 unspecified atom stereocenters. The van der Waals surface area contributed by atoms with Crippen molar-refractivity contribution in [2.75, 3.05) is 19.0 Å². The van der Waals surface area contributed by atoms with Gasteiger partial charge in [0.25, 0.3) is 5.88 Å². The van der Waals surface area contributed by atoms with Crippen LogP contribution in [0, 0.1) is 0 Å². The van der Waals surface area contributed by atoms with Gasteiger partial charge in [-0.05, 0) is 12.1 Å². The monoisotopic (exact) mass is 346 g/mol. The molecule has 3 N–H and O–H groups in total. The number of imidazole rings is 1. The Morgan fingerprint density at radius 3 is 3.00 bits per heavy atom. The molecule has 0 spiro atoms. The lowest BCUT2D eigenvalue weighted by atomic mass is 10.3. The number of ether oxygens (including phenoxy) is 1. The number of H-pyrrole nitrogens is 1. The van der Waals surface area contributed by atoms with Crippen molar-refractivity contribution < 1.29 is 14.4 Å². The van der Waals surface area contributed by atoms with Crippen LogP contribution in [0.5, 0.6) is 5.88 Å². The van der Waals surface area contributed by atoms with Crippen molar-refractivity contribution in [2.24, 2.45) is 0 Å². The molecule has 0 bridgehead atoms. The SMILES string of the molecule is C=CCn1c(=O)nc(NC(C)CO)c2[nH]c(-c3cc(OC)no3)nc21. The van der Waals surface area contributed by atoms with Crippen LogP contribution < -0.4 is 15.7 Å². The Hall–Kier alpha value is -3.14. The van der Waals surface area contributed by atoms with E-state index >= 15 is 0 Å². The van der Waals surface area contributed by atoms with Gasteiger partial charge in [-0.25, -0.2) is 9.78 Å². The van der Waals surface area contributed by atoms with Gasteiger partial charge >= 0.3 is 5.69 Å². The lowest BCUT2D eigenvalue weighted by molar-refractivity contribution is 0.281. The fraction of sp³-hybridized carbons (Fsp3) is 0.333. The minimum absolute atomic E-state index is 0.112. The molecule has 0 amide bonds. The van der Waals surface area contributed by atoms with Gasteiger partial charge in [0.05, 0.1) is 19.8 Å². The summed E-state index contributed by atoms with van der Waals surface area (Å²) in [5.41, 5.74) is 0.415. The first-order valence-corrected chi connectivity index (χ1v) is 7.57. The van der Waals surface area contributed by atoms with E-state index in [9.17, 15) is 9.90 Å². The zero-order valence-corrected chi connectivity index (χ0v) is 13.8. The second-order valence-corrected chi connectivity index (χ2v) is 5.39. The molecule has 0 aromatic carbocycles. The molecule has 0 saturated heterocycles. The van der Waals surface area contributed by atoms with Gasteiger partial charge in [0.15, 0.2) is 17.3 Å². The number of fused-ring (bicyclic) bond motifs is 1. The van der Waals surface area contributed by atoms with E-state index in [4.69, 9.17) is 9.26 Å². The van der Waals surface area contributed by atoms with Gasteiger partial charge in [-0.1, -0.05) is 6.08 Å². The highest BCUT2D eigenvalue weighted by atomic mass is 16.5. The van der Waals surface area contributed by atoms with Gasteiger partial charge < -0.3 is 24.7 Å². The first-order chi connectivity index (χ1) is 12.1. The third kappa shape index (κ3) is 3.11. The van der Waals surface area contributed by atoms with E-state index < -0.39 is 5.69 Å². The van der Waals surface area contributed by atoms with Crippen molar-refractivity contribution in [1.82, 2.24) is 24.7 Å². The Balaban J connectivity index is 2.19. The number of aliphatic hydroxyl groups excluding tert-OH is 1. The number of nitrogens with one attached hydrogen (secondary N) is 2. The van der Waals surface area contributed by atoms with Crippen LogP contribution in [-0.2, 0) is 6.54 Å². The predicted octanol–water partition coefficient (Wildman–Crippen LogP) is 0.762. The normalized spacial score (nSPS) is 12.3. The molecule has 3 aromatic rings. The van der Waals surface area contributed by atoms with Crippen molar-refractivity contribution in [2.45, 2.75) is 19.5 Å². The fourth-order valence-electron chi connectivity index (χ4n) is 2.29. The number of aliphatic hydroxyl groups is 1. The van der Waals surface area contributed by atoms with Crippen LogP contribution >= 0.6 is 0 Å². The number of anilines is 1. The number of hydrogen-bond donors (Lipinski definition) is 3. The highest BCUT2D eigenvalue weighted by Crippen LogP contribution is 2.26. The molecular weight excluding hydrogens is 328 g/mol. The molecule has 0 saturated carbocycles. The lowest BCUT2D eigenvalue weighted by Gasteiger charge is -2.12. The van der Waals surface area contributed by atoms with E-state index in [-0.39, 0.29) is 19.2 Å². The van der Waals surface area contributed by atoms with E-state index in [1.807, 2.05) is 0 Å². The molecule has 0 aliphatic rings. The number of aromatic amines is 1. The molecular formula is C15H18N6O4. The van der Waals surface area contributed by atoms with Crippen molar-refractivity contribution in [3.05, 3.63) is 29.2 Å². The number of hydrogen-bond acceptors (Lipinski definition) is 8. The van der Waals surface area contributed by atoms with E-state index in [0.29, 0.717) is 34.4 Å². The molecule has 0 radical (unpaired) electrons. The Morgan fingerprint density at radius 2 is 2.36 bits per heavy atom. The molecule has 0 aliphatic heterocycles. The first-order valence-electron chi connectivity index (χ1n) is 7.57. The largest absolute Gasteiger partial charge is 0.479 e. The third-order valence-corrected chi connectivity index (χ3v) is 3.52. The summed E-state index contributed by atoms with van der Waals surface area (Å²) in [7, 11) is 1.48. The van der Waals surface area contributed by atoms with Crippen molar-refractivity contribution in [3.63, 3.8) is 0 Å². The number of nitrogens with zero attached hydrogens (tertiary/aromatic N) is 4. The van der Waals surface area contributed by atoms with Gasteiger partial charge in [-0.3, -0.25) is 4.57 Å². The quantitative estimate of drug-likeness (QED) is 0.534. The van der Waals surface area contributed by atoms with Gasteiger partial charge in [0, 0.05) is 12.6 Å². The maximum atomic E-state index is 12.3. The Morgan fingerprint density at radius 1 is 1.56 bits per heavy atom. The average Bonchev–Trinajstić information content (AvgIpc) is 3.24. The number of aromatic nitrogens is 5. The van der Waals surface area contributed by atoms with Crippen LogP contribution in [0.15, 0.2) is 28.0 Å². The lowest BCUT2D eigenvalue weighted by Crippen LogP contribution is -2.27. The number of methoxy groups -OCH3 is 1. The summed E-state index contributed by atoms with van der Waals surface area (Å²) in [6.07, 6.45) is 1.58. The van der Waals surface area contributed by atoms with Gasteiger partial charge in [0.2, 0.25) is 5.76 Å². The minimum atomic E-state index is -0.478. The Labute approximate surface area is 142 Å². The van der Waals surface area contributed by atoms with Crippen LogP contribution in [0.4, 0.5) is 5.82 Å². The van der Waals surface area contributed by atoms with E-state index in [2.05, 4.69) is 32.0 Å². The highest BCUT2D eigenvalue weighted by Gasteiger charge is 2.19. The molecule has 10 nitrogen and oxygen atoms in total. The molecule has 3 aromatic heterocycles. The van der Waals surface area contributed by atoms with E-state index in [1.165, 1.54) is 11.7 Å². The molecule has 10 heteroatoms. The van der Waals surface area contributed by atoms with Crippen molar-refractivity contribution >= 4 is 17.0 Å². The Kier molecular flexibility index (Phi) is 4.52. The maximum absolute atomic E-state index is 12.3. The topological polar surface area (TPSA) is 131 Å². The molecule has 132 valence electrons. The van der Waals surface area contributed by atoms with Crippen molar-refractivity contribution in [1.29, 1.82) is 0 Å². The molecule has 0 fully saturated rings. The molecule has 3 heterocycles. The highest BCUT2D eigenvalue weighted by molar-refractivity contribution is 5.85. The van der Waals surface area contributed by atoms with Crippen LogP contribution in [0.1, 0.15) is 6.92 Å². The average molecular weight is 346 g/mol. The summed E-state index contributed by atoms with van der Waals surface area (Å²) < 4.78 is 11.6. The summed E-state index contributed by atoms with van der Waals surface area (Å²) in [5.74, 6) is 1.33. The second-order valence-electron chi connectivity index (χ2n) is 5.39. The number of rotatable bonds is 7. The summed E-state index contributed by atoms with van der Waals surface area (Å²) in [5, 5.41) is 16.0. The molecule has 3 rings (SSSR count). The fourth-order valence-corrected chi connectivity index (χ4v) is 2.29. The second kappa shape index (κ2) is 6.77. The standard InChI is InChI=1S/C15H18N6O4/c1-4-5-21-14-11(13(19-15(21)23)16-8(2)7-22)17-12(18-14)9-6-10(24-3)20-25-9/h4,6,8,22H,1,5,7H2,2-3H3,(H,17,18)(H,16,19,23). The summed E-state index contributed by atoms with van der Waals surface area (Å²) in [4.78, 5) is 23.8. The minimum Gasteiger partial charge on any atom is -0.479 e. The zero-order valence-electron chi connectivity index (χ0n) is 13.8.